The third kappa shape index (κ3) is 5.47. The molecular formula is C29H34N6O3. The summed E-state index contributed by atoms with van der Waals surface area (Å²) < 4.78 is 10.9. The second-order valence-corrected chi connectivity index (χ2v) is 10.7. The first-order valence-corrected chi connectivity index (χ1v) is 12.9. The highest BCUT2D eigenvalue weighted by molar-refractivity contribution is 5.74. The van der Waals surface area contributed by atoms with Gasteiger partial charge in [0.1, 0.15) is 17.1 Å². The van der Waals surface area contributed by atoms with Crippen molar-refractivity contribution in [1.82, 2.24) is 15.3 Å². The Labute approximate surface area is 223 Å². The highest BCUT2D eigenvalue weighted by Gasteiger charge is 2.29. The van der Waals surface area contributed by atoms with Crippen LogP contribution in [-0.4, -0.2) is 41.6 Å². The molecule has 9 nitrogen and oxygen atoms in total. The number of benzene rings is 1. The van der Waals surface area contributed by atoms with Crippen LogP contribution in [0.2, 0.25) is 0 Å². The summed E-state index contributed by atoms with van der Waals surface area (Å²) in [5.41, 5.74) is 11.4. The largest absolute Gasteiger partial charge is 0.444 e. The molecule has 38 heavy (non-hydrogen) atoms. The quantitative estimate of drug-likeness (QED) is 0.408. The molecule has 0 saturated carbocycles. The smallest absolute Gasteiger partial charge is 0.408 e. The summed E-state index contributed by atoms with van der Waals surface area (Å²) in [5.74, 6) is 1.43. The first kappa shape index (κ1) is 25.7. The van der Waals surface area contributed by atoms with Gasteiger partial charge in [-0.05, 0) is 81.8 Å². The lowest BCUT2D eigenvalue weighted by Crippen LogP contribution is -2.34. The Morgan fingerprint density at radius 3 is 2.76 bits per heavy atom. The van der Waals surface area contributed by atoms with E-state index in [4.69, 9.17) is 20.2 Å². The highest BCUT2D eigenvalue weighted by Crippen LogP contribution is 2.40. The van der Waals surface area contributed by atoms with Crippen molar-refractivity contribution in [3.63, 3.8) is 0 Å². The van der Waals surface area contributed by atoms with Gasteiger partial charge in [0, 0.05) is 23.4 Å². The molecule has 1 fully saturated rings. The van der Waals surface area contributed by atoms with Crippen molar-refractivity contribution in [3.8, 4) is 0 Å². The summed E-state index contributed by atoms with van der Waals surface area (Å²) in [7, 11) is 0. The predicted octanol–water partition coefficient (Wildman–Crippen LogP) is 5.36. The maximum absolute atomic E-state index is 12.4. The Balaban J connectivity index is 1.50. The normalized spacial score (nSPS) is 16.9. The van der Waals surface area contributed by atoms with Crippen LogP contribution in [0.5, 0.6) is 0 Å². The minimum Gasteiger partial charge on any atom is -0.444 e. The van der Waals surface area contributed by atoms with Crippen LogP contribution in [0.1, 0.15) is 61.5 Å². The van der Waals surface area contributed by atoms with Crippen LogP contribution in [0, 0.1) is 0 Å². The number of anilines is 3. The van der Waals surface area contributed by atoms with Gasteiger partial charge < -0.3 is 25.4 Å². The number of nitrogens with two attached hydrogens (primary N) is 1. The van der Waals surface area contributed by atoms with E-state index in [1.807, 2.05) is 51.1 Å². The number of nitrogen functional groups attached to an aromatic ring is 1. The highest BCUT2D eigenvalue weighted by atomic mass is 16.6. The fraction of sp³-hybridized carbons (Fsp3) is 0.379. The zero-order valence-electron chi connectivity index (χ0n) is 22.1. The number of carbonyl (C=O) groups excluding carboxylic acids is 1. The van der Waals surface area contributed by atoms with E-state index in [-0.39, 0.29) is 12.0 Å². The van der Waals surface area contributed by atoms with Crippen LogP contribution >= 0.6 is 0 Å². The topological polar surface area (TPSA) is 115 Å². The first-order valence-electron chi connectivity index (χ1n) is 12.9. The van der Waals surface area contributed by atoms with Crippen molar-refractivity contribution in [3.05, 3.63) is 71.0 Å². The third-order valence-corrected chi connectivity index (χ3v) is 6.82. The lowest BCUT2D eigenvalue weighted by Gasteiger charge is -2.30. The summed E-state index contributed by atoms with van der Waals surface area (Å²) >= 11 is 0. The van der Waals surface area contributed by atoms with E-state index in [1.165, 1.54) is 5.56 Å². The molecule has 0 spiro atoms. The van der Waals surface area contributed by atoms with E-state index in [9.17, 15) is 4.79 Å². The molecule has 1 atom stereocenters. The van der Waals surface area contributed by atoms with Crippen LogP contribution in [0.4, 0.5) is 27.8 Å². The average Bonchev–Trinajstić information content (AvgIpc) is 3.23. The molecule has 1 aliphatic heterocycles. The van der Waals surface area contributed by atoms with E-state index in [1.54, 1.807) is 6.20 Å². The van der Waals surface area contributed by atoms with Gasteiger partial charge in [0.25, 0.3) is 0 Å². The number of aliphatic imine (C=N–C) groups is 1. The average molecular weight is 515 g/mol. The fourth-order valence-corrected chi connectivity index (χ4v) is 4.83. The zero-order valence-corrected chi connectivity index (χ0v) is 22.1. The van der Waals surface area contributed by atoms with Crippen LogP contribution in [0.25, 0.3) is 0 Å². The number of hydrogen-bond acceptors (Lipinski definition) is 8. The molecular weight excluding hydrogens is 480 g/mol. The molecule has 1 unspecified atom stereocenters. The number of aromatic nitrogens is 2. The SMILES string of the molecule is C=Nc1ccc(C2COC2)nc1N(Cc1cccnc1N)c1ccc2c(c1)CCC2NC(=O)OC(C)(C)C. The van der Waals surface area contributed by atoms with Gasteiger partial charge in [0.2, 0.25) is 0 Å². The van der Waals surface area contributed by atoms with Crippen LogP contribution < -0.4 is 16.0 Å². The Morgan fingerprint density at radius 1 is 1.26 bits per heavy atom. The monoisotopic (exact) mass is 514 g/mol. The lowest BCUT2D eigenvalue weighted by molar-refractivity contribution is 0.00676. The molecule has 1 amide bonds. The Morgan fingerprint density at radius 2 is 2.08 bits per heavy atom. The molecule has 0 bridgehead atoms. The number of rotatable bonds is 7. The van der Waals surface area contributed by atoms with Crippen LogP contribution in [0.15, 0.2) is 53.7 Å². The Kier molecular flexibility index (Phi) is 7.03. The molecule has 9 heteroatoms. The third-order valence-electron chi connectivity index (χ3n) is 6.82. The number of fused-ring (bicyclic) bond motifs is 1. The number of ether oxygens (including phenoxy) is 2. The van der Waals surface area contributed by atoms with E-state index >= 15 is 0 Å². The standard InChI is InChI=1S/C29H34N6O3/c1-29(2,3)38-28(36)34-24-10-7-18-14-21(8-9-22(18)24)35(15-19-6-5-13-32-26(19)30)27-25(31-4)12-11-23(33-27)20-16-37-17-20/h5-6,8-9,11-14,20,24H,4,7,10,15-17H2,1-3H3,(H2,30,32)(H,34,36). The van der Waals surface area contributed by atoms with Gasteiger partial charge in [-0.3, -0.25) is 4.99 Å². The maximum Gasteiger partial charge on any atom is 0.408 e. The summed E-state index contributed by atoms with van der Waals surface area (Å²) in [4.78, 5) is 28.1. The second kappa shape index (κ2) is 10.4. The molecule has 0 radical (unpaired) electrons. The van der Waals surface area contributed by atoms with Crippen molar-refractivity contribution < 1.29 is 14.3 Å². The summed E-state index contributed by atoms with van der Waals surface area (Å²) in [6.07, 6.45) is 2.92. The van der Waals surface area contributed by atoms with Crippen molar-refractivity contribution in [2.24, 2.45) is 4.99 Å². The van der Waals surface area contributed by atoms with Crippen LogP contribution in [0.3, 0.4) is 0 Å². The Bertz CT molecular complexity index is 1350. The number of carbonyl (C=O) groups is 1. The lowest BCUT2D eigenvalue weighted by atomic mass is 10.0. The van der Waals surface area contributed by atoms with Gasteiger partial charge in [-0.15, -0.1) is 0 Å². The molecule has 3 aromatic rings. The molecule has 2 aliphatic rings. The Hall–Kier alpha value is -3.98. The van der Waals surface area contributed by atoms with Crippen LogP contribution in [-0.2, 0) is 22.4 Å². The summed E-state index contributed by atoms with van der Waals surface area (Å²) in [6, 6.07) is 14.0. The van der Waals surface area contributed by atoms with E-state index in [2.05, 4.69) is 39.0 Å². The molecule has 3 N–H and O–H groups in total. The van der Waals surface area contributed by atoms with Crippen molar-refractivity contribution in [2.75, 3.05) is 23.8 Å². The zero-order chi connectivity index (χ0) is 26.9. The van der Waals surface area contributed by atoms with Gasteiger partial charge >= 0.3 is 6.09 Å². The number of nitrogens with zero attached hydrogens (tertiary/aromatic N) is 4. The maximum atomic E-state index is 12.4. The summed E-state index contributed by atoms with van der Waals surface area (Å²) in [6.45, 7) is 11.1. The molecule has 2 aromatic heterocycles. The van der Waals surface area contributed by atoms with Gasteiger partial charge in [-0.2, -0.15) is 0 Å². The van der Waals surface area contributed by atoms with E-state index in [0.29, 0.717) is 37.1 Å². The number of nitrogens with one attached hydrogen (secondary N) is 1. The van der Waals surface area contributed by atoms with Gasteiger partial charge in [0.05, 0.1) is 31.5 Å². The number of aryl methyl sites for hydroxylation is 1. The fourth-order valence-electron chi connectivity index (χ4n) is 4.83. The first-order chi connectivity index (χ1) is 18.2. The minimum absolute atomic E-state index is 0.0956. The van der Waals surface area contributed by atoms with Gasteiger partial charge in [-0.1, -0.05) is 12.1 Å². The molecule has 198 valence electrons. The number of alkyl carbamates (subject to hydrolysis) is 1. The molecule has 5 rings (SSSR count). The van der Waals surface area contributed by atoms with Crippen molar-refractivity contribution >= 4 is 35.8 Å². The minimum atomic E-state index is -0.548. The number of amides is 1. The van der Waals surface area contributed by atoms with Gasteiger partial charge in [0.15, 0.2) is 5.82 Å². The molecule has 1 saturated heterocycles. The van der Waals surface area contributed by atoms with Crippen molar-refractivity contribution in [2.45, 2.75) is 57.7 Å². The molecule has 1 aromatic carbocycles. The van der Waals surface area contributed by atoms with Crippen molar-refractivity contribution in [1.29, 1.82) is 0 Å². The number of pyridine rings is 2. The van der Waals surface area contributed by atoms with E-state index < -0.39 is 11.7 Å². The van der Waals surface area contributed by atoms with E-state index in [0.717, 1.165) is 35.3 Å². The summed E-state index contributed by atoms with van der Waals surface area (Å²) in [5, 5.41) is 3.02. The van der Waals surface area contributed by atoms with Gasteiger partial charge in [-0.25, -0.2) is 14.8 Å². The molecule has 1 aliphatic carbocycles. The molecule has 3 heterocycles. The predicted molar refractivity (Wildman–Crippen MR) is 148 cm³/mol. The second-order valence-electron chi connectivity index (χ2n) is 10.7. The number of hydrogen-bond donors (Lipinski definition) is 2.